The number of esters is 1. The Balaban J connectivity index is 0.636. The van der Waals surface area contributed by atoms with Gasteiger partial charge >= 0.3 is 5.97 Å². The number of fused-ring (bicyclic) bond motifs is 5. The van der Waals surface area contributed by atoms with E-state index in [1.807, 2.05) is 115 Å². The number of benzene rings is 1. The maximum absolute atomic E-state index is 15.2. The van der Waals surface area contributed by atoms with Gasteiger partial charge in [0.15, 0.2) is 17.0 Å². The first kappa shape index (κ1) is 107. The number of anilines is 2. The highest BCUT2D eigenvalue weighted by Gasteiger charge is 2.53. The number of unbranched alkanes of at least 4 members (excludes halogenated alkanes) is 1. The van der Waals surface area contributed by atoms with Crippen LogP contribution in [-0.4, -0.2) is 276 Å². The van der Waals surface area contributed by atoms with Gasteiger partial charge in [-0.3, -0.25) is 28.8 Å². The first-order valence-corrected chi connectivity index (χ1v) is 47.1. The minimum atomic E-state index is -2.47. The molecule has 3 amide bonds. The van der Waals surface area contributed by atoms with Crippen LogP contribution in [0.25, 0.3) is 33.4 Å². The van der Waals surface area contributed by atoms with Crippen LogP contribution in [0, 0.1) is 35.5 Å². The van der Waals surface area contributed by atoms with Gasteiger partial charge in [-0.15, -0.1) is 5.10 Å². The van der Waals surface area contributed by atoms with Crippen molar-refractivity contribution < 1.29 is 105 Å². The second kappa shape index (κ2) is 54.4. The van der Waals surface area contributed by atoms with Crippen LogP contribution in [0.4, 0.5) is 11.8 Å². The summed E-state index contributed by atoms with van der Waals surface area (Å²) in [5.74, 6) is -7.40. The molecule has 0 radical (unpaired) electrons. The lowest BCUT2D eigenvalue weighted by atomic mass is 9.77. The number of allylic oxidation sites excluding steroid dienone is 6. The van der Waals surface area contributed by atoms with Crippen molar-refractivity contribution in [3.05, 3.63) is 84.0 Å². The Morgan fingerprint density at radius 2 is 1.45 bits per heavy atom. The number of nitrogens with one attached hydrogen (secondary N) is 2. The molecule has 5 aromatic rings. The van der Waals surface area contributed by atoms with Crippen LogP contribution in [0.15, 0.2) is 87.9 Å². The number of methoxy groups -OCH3 is 3. The second-order valence-electron chi connectivity index (χ2n) is 36.4. The minimum Gasteiger partial charge on any atom is -0.460 e. The quantitative estimate of drug-likeness (QED) is 0.00694. The molecule has 1 aromatic carbocycles. The first-order valence-electron chi connectivity index (χ1n) is 47.1. The molecule has 732 valence electrons. The number of aliphatic hydroxyl groups is 2. The Kier molecular flexibility index (Phi) is 43.9. The van der Waals surface area contributed by atoms with E-state index >= 15 is 4.79 Å². The number of Topliss-reactive ketones (excluding diaryl/α,β-unsaturated/α-hetero) is 3. The lowest BCUT2D eigenvalue weighted by Gasteiger charge is -2.42. The van der Waals surface area contributed by atoms with Gasteiger partial charge in [-0.2, -0.15) is 10.1 Å². The van der Waals surface area contributed by atoms with Crippen LogP contribution < -0.4 is 22.1 Å². The van der Waals surface area contributed by atoms with Gasteiger partial charge in [-0.25, -0.2) is 24.1 Å². The summed E-state index contributed by atoms with van der Waals surface area (Å²) < 4.78 is 73.7. The number of rotatable bonds is 43. The number of ether oxygens (including phenoxy) is 11. The molecule has 2 bridgehead atoms. The summed E-state index contributed by atoms with van der Waals surface area (Å²) in [4.78, 5) is 117. The number of oxazole rings is 1. The number of cyclic esters (lactones) is 1. The van der Waals surface area contributed by atoms with E-state index in [0.717, 1.165) is 36.1 Å². The van der Waals surface area contributed by atoms with Crippen molar-refractivity contribution in [3.8, 4) is 11.3 Å². The van der Waals surface area contributed by atoms with Gasteiger partial charge in [0.25, 0.3) is 17.7 Å². The van der Waals surface area contributed by atoms with Crippen molar-refractivity contribution in [1.29, 1.82) is 0 Å². The fourth-order valence-electron chi connectivity index (χ4n) is 17.2. The number of aryl methyl sites for hydroxylation is 2. The van der Waals surface area contributed by atoms with Crippen LogP contribution in [-0.2, 0) is 103 Å². The van der Waals surface area contributed by atoms with E-state index < -0.39 is 83.4 Å². The van der Waals surface area contributed by atoms with E-state index in [-0.39, 0.29) is 98.1 Å². The Bertz CT molecular complexity index is 4630. The van der Waals surface area contributed by atoms with Gasteiger partial charge in [-0.05, 0) is 178 Å². The summed E-state index contributed by atoms with van der Waals surface area (Å²) in [5, 5.41) is 49.4. The van der Waals surface area contributed by atoms with E-state index in [4.69, 9.17) is 83.1 Å². The second-order valence-corrected chi connectivity index (χ2v) is 36.4. The zero-order valence-electron chi connectivity index (χ0n) is 79.8. The predicted molar refractivity (Wildman–Crippen MR) is 495 cm³/mol. The van der Waals surface area contributed by atoms with Gasteiger partial charge in [0.2, 0.25) is 17.6 Å². The van der Waals surface area contributed by atoms with Gasteiger partial charge in [0, 0.05) is 122 Å². The van der Waals surface area contributed by atoms with Crippen LogP contribution in [0.2, 0.25) is 0 Å². The number of hydrogen-bond acceptors (Lipinski definition) is 31. The molecule has 8 N–H and O–H groups in total. The van der Waals surface area contributed by atoms with Crippen LogP contribution in [0.1, 0.15) is 209 Å². The molecule has 15 atom stereocenters. The molecule has 9 rings (SSSR count). The number of hydrogen-bond donors (Lipinski definition) is 6. The molecule has 0 spiro atoms. The number of nitrogens with zero attached hydrogens (tertiary/aromatic N) is 10. The Labute approximate surface area is 775 Å². The van der Waals surface area contributed by atoms with Crippen molar-refractivity contribution in [2.45, 2.75) is 271 Å². The number of nitrogens with two attached hydrogens (primary N) is 2. The molecule has 1 saturated carbocycles. The Morgan fingerprint density at radius 1 is 0.742 bits per heavy atom. The maximum Gasteiger partial charge on any atom is 0.329 e. The summed E-state index contributed by atoms with van der Waals surface area (Å²) in [7, 11) is 4.68. The third kappa shape index (κ3) is 33.1. The fraction of sp³-hybridized carbons (Fsp3) is 0.688. The van der Waals surface area contributed by atoms with E-state index in [1.54, 1.807) is 38.8 Å². The molecular formula is C96H146N14O22. The van der Waals surface area contributed by atoms with E-state index in [0.29, 0.717) is 227 Å². The molecule has 7 heterocycles. The average Bonchev–Trinajstić information content (AvgIpc) is 1.27. The fourth-order valence-corrected chi connectivity index (χ4v) is 17.2. The van der Waals surface area contributed by atoms with Gasteiger partial charge < -0.3 is 98.6 Å². The summed E-state index contributed by atoms with van der Waals surface area (Å²) in [6.45, 7) is 24.3. The van der Waals surface area contributed by atoms with Crippen molar-refractivity contribution in [2.24, 2.45) is 40.7 Å². The highest BCUT2D eigenvalue weighted by Crippen LogP contribution is 2.41. The van der Waals surface area contributed by atoms with Gasteiger partial charge in [0.1, 0.15) is 59.1 Å². The normalized spacial score (nSPS) is 26.3. The highest BCUT2D eigenvalue weighted by molar-refractivity contribution is 6.39. The lowest BCUT2D eigenvalue weighted by molar-refractivity contribution is -0.265. The number of piperidine rings is 1. The summed E-state index contributed by atoms with van der Waals surface area (Å²) in [5.41, 5.74) is 17.0. The number of oxime groups is 1. The average molecular weight is 1850 g/mol. The molecule has 0 unspecified atom stereocenters. The Morgan fingerprint density at radius 3 is 2.17 bits per heavy atom. The van der Waals surface area contributed by atoms with E-state index in [2.05, 4.69) is 35.9 Å². The number of ketones is 3. The standard InChI is InChI=1S/C96H146N14O22/c1-62-23-15-14-16-24-63(2)79(120-11)58-73-32-29-68(7)96(119,131-73)89(116)92(117)108-39-19-17-27-77(108)93(118)129-80(59-74(106-132-95(8,9)10)64(3)54-67(6)87(115)88(122-13)86(114)66(5)53-62)65(4)55-69-30-33-76(81(56-69)121-12)110-60-71(104-107-110)25-21-28-82(112)100-38-44-126-48-52-128-50-46-124-42-35-72(111)26-22-41-123-45-49-127-51-47-125-43-36-83(113)99-37-18-20-40-109-91-84(90(97)101-61-102-91)85(105-109)70-31-34-78-75(57-70)103-94(98)130-78/h14-16,23-24,31,34,54,57,60-62,64-66,68-69,73,76-77,79-81,87-88,115,119H,17-22,25-30,32-33,35-53,55-56,58-59H2,1-13H3,(H2,98,103)(H,99,113)(H,100,112)(H2,97,101,102)/b16-14+,23-15+,63-24+,67-54+,106-74-/t62-,64-,65-,66-,68-,69+,73+,76+,77+,79+,80+,81-,87-,88+,96-/m1/s1. The molecule has 2 saturated heterocycles. The Hall–Kier alpha value is -9.18. The number of nitrogen functional groups attached to an aromatic ring is 2. The van der Waals surface area contributed by atoms with E-state index in [9.17, 15) is 39.0 Å². The number of amides is 3. The molecule has 3 fully saturated rings. The summed E-state index contributed by atoms with van der Waals surface area (Å²) >= 11 is 0. The molecular weight excluding hydrogens is 1700 g/mol. The highest BCUT2D eigenvalue weighted by atomic mass is 16.7. The van der Waals surface area contributed by atoms with E-state index in [1.165, 1.54) is 18.3 Å². The van der Waals surface area contributed by atoms with Gasteiger partial charge in [-0.1, -0.05) is 81.4 Å². The first-order chi connectivity index (χ1) is 63.4. The van der Waals surface area contributed by atoms with Crippen LogP contribution >= 0.6 is 0 Å². The lowest BCUT2D eigenvalue weighted by Crippen LogP contribution is -2.61. The summed E-state index contributed by atoms with van der Waals surface area (Å²) in [6.07, 6.45) is 20.1. The van der Waals surface area contributed by atoms with Crippen molar-refractivity contribution in [2.75, 3.05) is 132 Å². The third-order valence-corrected chi connectivity index (χ3v) is 24.8. The minimum absolute atomic E-state index is 0.00730. The van der Waals surface area contributed by atoms with Crippen molar-refractivity contribution >= 4 is 80.7 Å². The smallest absolute Gasteiger partial charge is 0.329 e. The molecule has 3 aliphatic heterocycles. The third-order valence-electron chi connectivity index (χ3n) is 24.8. The molecule has 132 heavy (non-hydrogen) atoms. The molecule has 36 nitrogen and oxygen atoms in total. The largest absolute Gasteiger partial charge is 0.460 e. The van der Waals surface area contributed by atoms with Crippen LogP contribution in [0.3, 0.4) is 0 Å². The monoisotopic (exact) mass is 1850 g/mol. The number of carbonyl (C=O) groups excluding carboxylic acids is 7. The molecule has 4 aliphatic rings. The zero-order valence-corrected chi connectivity index (χ0v) is 79.8. The number of aromatic nitrogens is 8. The summed E-state index contributed by atoms with van der Waals surface area (Å²) in [6, 6.07) is 4.25. The molecule has 36 heteroatoms. The molecule has 1 aliphatic carbocycles. The van der Waals surface area contributed by atoms with Crippen molar-refractivity contribution in [1.82, 2.24) is 55.3 Å². The SMILES string of the molecule is CO[C@H]1C[C@@H]2CC[C@@H](C)[C@@](O)(O2)C(=O)C(=O)N2CCCC[C@H]2C(=O)O[C@H]([C@H](C)C[C@@H]2CC[C@H](n3cc(CCCC(=O)NCCOCCOCCOCCC(=O)CCCOCCOCCOCCC(=O)NCCCCn4nc(-c5ccc6oc(N)nc6c5)c5c(N)ncnc54)nn3)[C@H](OC)C2)C/C(=N/OC(C)(C)C)[C@H](C)/C=C(\C)[C@@H](O)[C@@H](OC)C(=O)[C@H](C)C[C@H](C)/C=C/C=C/C=C/1C. The molecule has 4 aromatic heterocycles. The van der Waals surface area contributed by atoms with Crippen molar-refractivity contribution in [3.63, 3.8) is 0 Å². The topological polar surface area (TPSA) is 463 Å². The number of carbonyl (C=O) groups is 7. The predicted octanol–water partition coefficient (Wildman–Crippen LogP) is 10.6. The van der Waals surface area contributed by atoms with Gasteiger partial charge in [0.05, 0.1) is 114 Å². The number of aliphatic hydroxyl groups excluding tert-OH is 1. The van der Waals surface area contributed by atoms with Crippen LogP contribution in [0.5, 0.6) is 0 Å². The maximum atomic E-state index is 15.2. The zero-order chi connectivity index (χ0) is 95.3.